The van der Waals surface area contributed by atoms with Crippen molar-refractivity contribution in [3.63, 3.8) is 0 Å². The zero-order valence-corrected chi connectivity index (χ0v) is 14.7. The fourth-order valence-corrected chi connectivity index (χ4v) is 4.27. The molecule has 2 aliphatic rings. The van der Waals surface area contributed by atoms with E-state index in [0.29, 0.717) is 19.3 Å². The molecular weight excluding hydrogens is 324 g/mol. The molecule has 0 amide bonds. The van der Waals surface area contributed by atoms with Gasteiger partial charge in [0.2, 0.25) is 0 Å². The van der Waals surface area contributed by atoms with E-state index >= 15 is 0 Å². The molecule has 0 saturated carbocycles. The molecule has 0 unspecified atom stereocenters. The van der Waals surface area contributed by atoms with Crippen LogP contribution >= 0.6 is 11.3 Å². The Morgan fingerprint density at radius 3 is 2.83 bits per heavy atom. The Morgan fingerprint density at radius 1 is 1.25 bits per heavy atom. The summed E-state index contributed by atoms with van der Waals surface area (Å²) in [5, 5.41) is 3.26. The maximum atomic E-state index is 5.84. The lowest BCUT2D eigenvalue weighted by Gasteiger charge is -2.24. The second-order valence-corrected chi connectivity index (χ2v) is 7.09. The van der Waals surface area contributed by atoms with E-state index in [-0.39, 0.29) is 0 Å². The number of aromatic nitrogens is 1. The minimum atomic E-state index is 0.408. The summed E-state index contributed by atoms with van der Waals surface area (Å²) >= 11 is 1.74. The van der Waals surface area contributed by atoms with Gasteiger partial charge in [-0.05, 0) is 25.5 Å². The van der Waals surface area contributed by atoms with Crippen LogP contribution in [0.1, 0.15) is 35.9 Å². The number of fused-ring (bicyclic) bond motifs is 1. The van der Waals surface area contributed by atoms with E-state index < -0.39 is 0 Å². The monoisotopic (exact) mass is 346 g/mol. The van der Waals surface area contributed by atoms with Crippen molar-refractivity contribution in [2.45, 2.75) is 31.8 Å². The molecule has 1 aromatic carbocycles. The van der Waals surface area contributed by atoms with Gasteiger partial charge in [-0.15, -0.1) is 11.3 Å². The van der Waals surface area contributed by atoms with Gasteiger partial charge in [-0.1, -0.05) is 0 Å². The van der Waals surface area contributed by atoms with Gasteiger partial charge in [0, 0.05) is 36.2 Å². The Morgan fingerprint density at radius 2 is 2.08 bits per heavy atom. The van der Waals surface area contributed by atoms with Gasteiger partial charge in [0.05, 0.1) is 26.4 Å². The van der Waals surface area contributed by atoms with Crippen LogP contribution in [0.3, 0.4) is 0 Å². The molecule has 1 saturated heterocycles. The smallest absolute Gasteiger partial charge is 0.164 e. The molecule has 4 rings (SSSR count). The SMILES string of the molecule is COc1cc2c(cc1CN1CCC[C@@H]1c1nccs1)OCCCO2. The molecule has 0 spiro atoms. The minimum Gasteiger partial charge on any atom is -0.496 e. The third-order valence-electron chi connectivity index (χ3n) is 4.62. The van der Waals surface area contributed by atoms with Crippen LogP contribution in [0, 0.1) is 0 Å². The van der Waals surface area contributed by atoms with Crippen LogP contribution < -0.4 is 14.2 Å². The Kier molecular flexibility index (Phi) is 4.58. The van der Waals surface area contributed by atoms with Crippen molar-refractivity contribution >= 4 is 11.3 Å². The first-order valence-corrected chi connectivity index (χ1v) is 9.33. The van der Waals surface area contributed by atoms with E-state index in [1.807, 2.05) is 12.3 Å². The molecule has 0 radical (unpaired) electrons. The molecule has 1 aromatic heterocycles. The van der Waals surface area contributed by atoms with Gasteiger partial charge in [0.15, 0.2) is 11.5 Å². The largest absolute Gasteiger partial charge is 0.496 e. The van der Waals surface area contributed by atoms with E-state index in [0.717, 1.165) is 42.3 Å². The molecule has 0 aliphatic carbocycles. The average Bonchev–Trinajstić information content (AvgIpc) is 3.22. The maximum Gasteiger partial charge on any atom is 0.164 e. The summed E-state index contributed by atoms with van der Waals surface area (Å²) in [7, 11) is 1.71. The molecule has 1 fully saturated rings. The third-order valence-corrected chi connectivity index (χ3v) is 5.50. The number of thiazole rings is 1. The highest BCUT2D eigenvalue weighted by Gasteiger charge is 2.29. The molecule has 2 aliphatic heterocycles. The molecule has 5 nitrogen and oxygen atoms in total. The summed E-state index contributed by atoms with van der Waals surface area (Å²) in [6.45, 7) is 3.31. The maximum absolute atomic E-state index is 5.84. The zero-order chi connectivity index (χ0) is 16.4. The van der Waals surface area contributed by atoms with Gasteiger partial charge in [-0.3, -0.25) is 4.90 Å². The van der Waals surface area contributed by atoms with Gasteiger partial charge >= 0.3 is 0 Å². The summed E-state index contributed by atoms with van der Waals surface area (Å²) in [5.41, 5.74) is 1.14. The van der Waals surface area contributed by atoms with Gasteiger partial charge in [0.1, 0.15) is 10.8 Å². The molecule has 0 bridgehead atoms. The normalized spacial score (nSPS) is 20.8. The Labute approximate surface area is 146 Å². The van der Waals surface area contributed by atoms with Crippen molar-refractivity contribution in [1.29, 1.82) is 0 Å². The summed E-state index contributed by atoms with van der Waals surface area (Å²) in [6, 6.07) is 4.45. The second-order valence-electron chi connectivity index (χ2n) is 6.16. The standard InChI is InChI=1S/C18H22N2O3S/c1-21-15-11-17-16(22-7-3-8-23-17)10-13(15)12-20-6-2-4-14(20)18-19-5-9-24-18/h5,9-11,14H,2-4,6-8,12H2,1H3/t14-/m1/s1. The van der Waals surface area contributed by atoms with Crippen LogP contribution in [0.5, 0.6) is 17.2 Å². The van der Waals surface area contributed by atoms with E-state index in [2.05, 4.69) is 21.3 Å². The molecular formula is C18H22N2O3S. The topological polar surface area (TPSA) is 43.8 Å². The van der Waals surface area contributed by atoms with E-state index in [9.17, 15) is 0 Å². The van der Waals surface area contributed by atoms with Crippen molar-refractivity contribution in [2.75, 3.05) is 26.9 Å². The van der Waals surface area contributed by atoms with Crippen molar-refractivity contribution in [1.82, 2.24) is 9.88 Å². The fraction of sp³-hybridized carbons (Fsp3) is 0.500. The van der Waals surface area contributed by atoms with E-state index in [1.54, 1.807) is 18.4 Å². The van der Waals surface area contributed by atoms with Crippen molar-refractivity contribution in [3.8, 4) is 17.2 Å². The van der Waals surface area contributed by atoms with Gasteiger partial charge < -0.3 is 14.2 Å². The predicted molar refractivity (Wildman–Crippen MR) is 93.1 cm³/mol. The minimum absolute atomic E-state index is 0.408. The molecule has 3 heterocycles. The highest BCUT2D eigenvalue weighted by Crippen LogP contribution is 2.40. The molecule has 128 valence electrons. The lowest BCUT2D eigenvalue weighted by molar-refractivity contribution is 0.243. The number of rotatable bonds is 4. The Balaban J connectivity index is 1.60. The zero-order valence-electron chi connectivity index (χ0n) is 13.9. The second kappa shape index (κ2) is 6.99. The number of hydrogen-bond donors (Lipinski definition) is 0. The van der Waals surface area contributed by atoms with Crippen LogP contribution in [0.2, 0.25) is 0 Å². The lowest BCUT2D eigenvalue weighted by atomic mass is 10.1. The number of nitrogens with zero attached hydrogens (tertiary/aromatic N) is 2. The number of likely N-dealkylation sites (tertiary alicyclic amines) is 1. The van der Waals surface area contributed by atoms with Crippen LogP contribution in [-0.2, 0) is 6.54 Å². The molecule has 6 heteroatoms. The average molecular weight is 346 g/mol. The quantitative estimate of drug-likeness (QED) is 0.845. The van der Waals surface area contributed by atoms with Gasteiger partial charge in [-0.2, -0.15) is 0 Å². The summed E-state index contributed by atoms with van der Waals surface area (Å²) in [6.07, 6.45) is 5.17. The fourth-order valence-electron chi connectivity index (χ4n) is 3.46. The number of benzene rings is 1. The van der Waals surface area contributed by atoms with Crippen molar-refractivity contribution in [3.05, 3.63) is 34.3 Å². The third kappa shape index (κ3) is 3.08. The predicted octanol–water partition coefficient (Wildman–Crippen LogP) is 3.65. The summed E-state index contributed by atoms with van der Waals surface area (Å²) < 4.78 is 17.2. The Bertz CT molecular complexity index is 690. The number of ether oxygens (including phenoxy) is 3. The van der Waals surface area contributed by atoms with Gasteiger partial charge in [0.25, 0.3) is 0 Å². The number of hydrogen-bond acceptors (Lipinski definition) is 6. The summed E-state index contributed by atoms with van der Waals surface area (Å²) in [5.74, 6) is 2.48. The molecule has 0 N–H and O–H groups in total. The molecule has 2 aromatic rings. The highest BCUT2D eigenvalue weighted by molar-refractivity contribution is 7.09. The van der Waals surface area contributed by atoms with Crippen molar-refractivity contribution < 1.29 is 14.2 Å². The first-order chi connectivity index (χ1) is 11.8. The number of methoxy groups -OCH3 is 1. The van der Waals surface area contributed by atoms with Crippen LogP contribution in [0.4, 0.5) is 0 Å². The highest BCUT2D eigenvalue weighted by atomic mass is 32.1. The first kappa shape index (κ1) is 15.7. The van der Waals surface area contributed by atoms with Crippen LogP contribution in [-0.4, -0.2) is 36.8 Å². The van der Waals surface area contributed by atoms with Crippen molar-refractivity contribution in [2.24, 2.45) is 0 Å². The molecule has 24 heavy (non-hydrogen) atoms. The first-order valence-electron chi connectivity index (χ1n) is 8.45. The Hall–Kier alpha value is -1.79. The van der Waals surface area contributed by atoms with Crippen LogP contribution in [0.15, 0.2) is 23.7 Å². The lowest BCUT2D eigenvalue weighted by Crippen LogP contribution is -2.23. The summed E-state index contributed by atoms with van der Waals surface area (Å²) in [4.78, 5) is 7.00. The van der Waals surface area contributed by atoms with Crippen LogP contribution in [0.25, 0.3) is 0 Å². The van der Waals surface area contributed by atoms with E-state index in [4.69, 9.17) is 14.2 Å². The van der Waals surface area contributed by atoms with Gasteiger partial charge in [-0.25, -0.2) is 4.98 Å². The molecule has 1 atom stereocenters. The van der Waals surface area contributed by atoms with E-state index in [1.165, 1.54) is 17.8 Å².